The molecular formula is C26H22O2. The van der Waals surface area contributed by atoms with E-state index < -0.39 is 0 Å². The molecule has 0 atom stereocenters. The van der Waals surface area contributed by atoms with Gasteiger partial charge >= 0.3 is 0 Å². The molecule has 2 nitrogen and oxygen atoms in total. The van der Waals surface area contributed by atoms with Gasteiger partial charge in [-0.3, -0.25) is 0 Å². The quantitative estimate of drug-likeness (QED) is 0.586. The smallest absolute Gasteiger partial charge is 0.139 e. The van der Waals surface area contributed by atoms with Crippen LogP contribution in [-0.2, 0) is 0 Å². The monoisotopic (exact) mass is 366 g/mol. The summed E-state index contributed by atoms with van der Waals surface area (Å²) in [5.74, 6) is 14.0. The lowest BCUT2D eigenvalue weighted by Crippen LogP contribution is -1.95. The van der Waals surface area contributed by atoms with E-state index in [0.717, 1.165) is 16.7 Å². The van der Waals surface area contributed by atoms with Crippen molar-refractivity contribution in [3.8, 4) is 35.2 Å². The first kappa shape index (κ1) is 19.2. The minimum absolute atomic E-state index is 0.646. The minimum atomic E-state index is 0.646. The van der Waals surface area contributed by atoms with Gasteiger partial charge in [0.1, 0.15) is 17.1 Å². The Morgan fingerprint density at radius 3 is 1.36 bits per heavy atom. The minimum Gasteiger partial charge on any atom is -0.495 e. The number of aryl methyl sites for hydroxylation is 2. The van der Waals surface area contributed by atoms with E-state index in [9.17, 15) is 0 Å². The van der Waals surface area contributed by atoms with Gasteiger partial charge < -0.3 is 9.47 Å². The first-order valence-electron chi connectivity index (χ1n) is 9.02. The summed E-state index contributed by atoms with van der Waals surface area (Å²) in [4.78, 5) is 0. The predicted molar refractivity (Wildman–Crippen MR) is 114 cm³/mol. The molecule has 0 aliphatic heterocycles. The highest BCUT2D eigenvalue weighted by atomic mass is 16.5. The van der Waals surface area contributed by atoms with Gasteiger partial charge in [0.15, 0.2) is 0 Å². The average Bonchev–Trinajstić information content (AvgIpc) is 2.72. The summed E-state index contributed by atoms with van der Waals surface area (Å²) in [7, 11) is 3.26. The van der Waals surface area contributed by atoms with Crippen molar-refractivity contribution < 1.29 is 9.47 Å². The van der Waals surface area contributed by atoms with E-state index in [0.29, 0.717) is 17.1 Å². The molecule has 0 aliphatic carbocycles. The van der Waals surface area contributed by atoms with Gasteiger partial charge in [-0.2, -0.15) is 0 Å². The highest BCUT2D eigenvalue weighted by Gasteiger charge is 2.10. The number of hydrogen-bond donors (Lipinski definition) is 0. The molecule has 0 N–H and O–H groups in total. The van der Waals surface area contributed by atoms with Crippen LogP contribution in [0.25, 0.3) is 0 Å². The van der Waals surface area contributed by atoms with Crippen LogP contribution >= 0.6 is 0 Å². The Labute approximate surface area is 167 Å². The lowest BCUT2D eigenvalue weighted by Gasteiger charge is -2.09. The molecular weight excluding hydrogens is 344 g/mol. The molecule has 0 bridgehead atoms. The topological polar surface area (TPSA) is 18.5 Å². The van der Waals surface area contributed by atoms with Crippen LogP contribution in [0.1, 0.15) is 33.4 Å². The van der Waals surface area contributed by atoms with E-state index in [4.69, 9.17) is 9.47 Å². The van der Waals surface area contributed by atoms with Crippen molar-refractivity contribution in [3.05, 3.63) is 94.0 Å². The first-order chi connectivity index (χ1) is 13.6. The lowest BCUT2D eigenvalue weighted by molar-refractivity contribution is 0.392. The molecule has 2 heteroatoms. The van der Waals surface area contributed by atoms with Crippen LogP contribution in [0.5, 0.6) is 11.5 Å². The molecule has 3 rings (SSSR count). The number of benzene rings is 3. The summed E-state index contributed by atoms with van der Waals surface area (Å²) in [6, 6.07) is 20.0. The third-order valence-corrected chi connectivity index (χ3v) is 4.29. The van der Waals surface area contributed by atoms with Crippen LogP contribution in [0.4, 0.5) is 0 Å². The fourth-order valence-electron chi connectivity index (χ4n) is 2.66. The molecule has 0 aliphatic rings. The third kappa shape index (κ3) is 4.76. The van der Waals surface area contributed by atoms with Gasteiger partial charge in [-0.15, -0.1) is 0 Å². The van der Waals surface area contributed by atoms with E-state index in [1.807, 2.05) is 48.5 Å². The number of methoxy groups -OCH3 is 2. The van der Waals surface area contributed by atoms with Crippen molar-refractivity contribution in [2.24, 2.45) is 0 Å². The van der Waals surface area contributed by atoms with Crippen LogP contribution < -0.4 is 9.47 Å². The van der Waals surface area contributed by atoms with E-state index >= 15 is 0 Å². The fourth-order valence-corrected chi connectivity index (χ4v) is 2.66. The normalized spacial score (nSPS) is 9.57. The maximum atomic E-state index is 5.55. The molecule has 0 aromatic heterocycles. The maximum absolute atomic E-state index is 5.55. The van der Waals surface area contributed by atoms with Crippen LogP contribution in [0.2, 0.25) is 0 Å². The molecule has 3 aromatic rings. The average molecular weight is 366 g/mol. The van der Waals surface area contributed by atoms with Gasteiger partial charge in [-0.1, -0.05) is 59.1 Å². The molecule has 3 aromatic carbocycles. The molecule has 0 heterocycles. The summed E-state index contributed by atoms with van der Waals surface area (Å²) >= 11 is 0. The van der Waals surface area contributed by atoms with E-state index in [2.05, 4.69) is 49.7 Å². The Morgan fingerprint density at radius 1 is 0.536 bits per heavy atom. The third-order valence-electron chi connectivity index (χ3n) is 4.29. The second-order valence-corrected chi connectivity index (χ2v) is 6.49. The van der Waals surface area contributed by atoms with Gasteiger partial charge in [0.25, 0.3) is 0 Å². The Kier molecular flexibility index (Phi) is 6.05. The fraction of sp³-hybridized carbons (Fsp3) is 0.154. The Bertz CT molecular complexity index is 1060. The zero-order valence-electron chi connectivity index (χ0n) is 16.6. The summed E-state index contributed by atoms with van der Waals surface area (Å²) in [5.41, 5.74) is 5.86. The van der Waals surface area contributed by atoms with Gasteiger partial charge in [0, 0.05) is 16.7 Å². The van der Waals surface area contributed by atoms with E-state index in [1.165, 1.54) is 11.1 Å². The van der Waals surface area contributed by atoms with Crippen molar-refractivity contribution in [3.63, 3.8) is 0 Å². The molecule has 138 valence electrons. The highest BCUT2D eigenvalue weighted by Crippen LogP contribution is 2.29. The summed E-state index contributed by atoms with van der Waals surface area (Å²) in [6.07, 6.45) is 0. The molecule has 0 spiro atoms. The Morgan fingerprint density at radius 2 is 0.929 bits per heavy atom. The van der Waals surface area contributed by atoms with Gasteiger partial charge in [-0.05, 0) is 50.2 Å². The standard InChI is InChI=1S/C26H22O2/c1-19-5-9-21(10-6-19)13-14-23-17-25(27-3)24(26(18-23)28-4)16-15-22-11-7-20(2)8-12-22/h5-12,17-18H,1-4H3. The largest absolute Gasteiger partial charge is 0.495 e. The van der Waals surface area contributed by atoms with Crippen molar-refractivity contribution in [2.45, 2.75) is 13.8 Å². The zero-order chi connectivity index (χ0) is 19.9. The predicted octanol–water partition coefficient (Wildman–Crippen LogP) is 5.12. The van der Waals surface area contributed by atoms with E-state index in [1.54, 1.807) is 14.2 Å². The maximum Gasteiger partial charge on any atom is 0.139 e. The van der Waals surface area contributed by atoms with Gasteiger partial charge in [-0.25, -0.2) is 0 Å². The van der Waals surface area contributed by atoms with Crippen LogP contribution in [0.3, 0.4) is 0 Å². The molecule has 0 amide bonds. The summed E-state index contributed by atoms with van der Waals surface area (Å²) < 4.78 is 11.1. The number of hydrogen-bond acceptors (Lipinski definition) is 2. The molecule has 0 saturated carbocycles. The van der Waals surface area contributed by atoms with Crippen molar-refractivity contribution in [1.29, 1.82) is 0 Å². The SMILES string of the molecule is COc1cc(C#Cc2ccc(C)cc2)cc(OC)c1C#Cc1ccc(C)cc1. The van der Waals surface area contributed by atoms with Crippen LogP contribution in [0, 0.1) is 37.5 Å². The lowest BCUT2D eigenvalue weighted by atomic mass is 10.1. The molecule has 0 saturated heterocycles. The van der Waals surface area contributed by atoms with Crippen LogP contribution in [0.15, 0.2) is 60.7 Å². The van der Waals surface area contributed by atoms with Crippen LogP contribution in [-0.4, -0.2) is 14.2 Å². The highest BCUT2D eigenvalue weighted by molar-refractivity contribution is 5.61. The molecule has 0 fully saturated rings. The number of rotatable bonds is 2. The van der Waals surface area contributed by atoms with Gasteiger partial charge in [0.05, 0.1) is 14.2 Å². The summed E-state index contributed by atoms with van der Waals surface area (Å²) in [6.45, 7) is 4.11. The molecule has 0 unspecified atom stereocenters. The van der Waals surface area contributed by atoms with E-state index in [-0.39, 0.29) is 0 Å². The van der Waals surface area contributed by atoms with Gasteiger partial charge in [0.2, 0.25) is 0 Å². The van der Waals surface area contributed by atoms with Crippen molar-refractivity contribution in [1.82, 2.24) is 0 Å². The van der Waals surface area contributed by atoms with Crippen molar-refractivity contribution >= 4 is 0 Å². The Balaban J connectivity index is 1.97. The zero-order valence-corrected chi connectivity index (χ0v) is 16.6. The summed E-state index contributed by atoms with van der Waals surface area (Å²) in [5, 5.41) is 0. The first-order valence-corrected chi connectivity index (χ1v) is 9.02. The Hall–Kier alpha value is -3.62. The van der Waals surface area contributed by atoms with Crippen molar-refractivity contribution in [2.75, 3.05) is 14.2 Å². The number of ether oxygens (including phenoxy) is 2. The second kappa shape index (κ2) is 8.85. The second-order valence-electron chi connectivity index (χ2n) is 6.49. The molecule has 28 heavy (non-hydrogen) atoms. The molecule has 0 radical (unpaired) electrons.